The summed E-state index contributed by atoms with van der Waals surface area (Å²) in [5, 5.41) is 2.86. The van der Waals surface area contributed by atoms with E-state index in [-0.39, 0.29) is 18.6 Å². The van der Waals surface area contributed by atoms with Crippen LogP contribution in [0.4, 0.5) is 0 Å². The molecule has 144 valence electrons. The zero-order valence-electron chi connectivity index (χ0n) is 15.8. The number of benzene rings is 2. The number of carbonyl (C=O) groups is 2. The summed E-state index contributed by atoms with van der Waals surface area (Å²) in [6.07, 6.45) is 0. The van der Waals surface area contributed by atoms with Gasteiger partial charge in [0.2, 0.25) is 0 Å². The van der Waals surface area contributed by atoms with E-state index in [2.05, 4.69) is 10.1 Å². The lowest BCUT2D eigenvalue weighted by Crippen LogP contribution is -2.31. The smallest absolute Gasteiger partial charge is 0.337 e. The maximum absolute atomic E-state index is 12.2. The fourth-order valence-electron chi connectivity index (χ4n) is 2.49. The molecule has 0 unspecified atom stereocenters. The minimum Gasteiger partial charge on any atom is -0.497 e. The van der Waals surface area contributed by atoms with E-state index >= 15 is 0 Å². The quantitative estimate of drug-likeness (QED) is 0.717. The summed E-state index contributed by atoms with van der Waals surface area (Å²) in [4.78, 5) is 23.6. The topological polar surface area (TPSA) is 83.1 Å². The molecule has 1 amide bonds. The second-order valence-corrected chi connectivity index (χ2v) is 5.70. The van der Waals surface area contributed by atoms with Crippen molar-refractivity contribution in [2.24, 2.45) is 0 Å². The van der Waals surface area contributed by atoms with Crippen molar-refractivity contribution in [3.05, 3.63) is 53.6 Å². The molecule has 0 saturated carbocycles. The molecule has 0 bridgehead atoms. The number of methoxy groups -OCH3 is 3. The van der Waals surface area contributed by atoms with Crippen LogP contribution in [0.25, 0.3) is 0 Å². The molecule has 0 radical (unpaired) electrons. The van der Waals surface area contributed by atoms with Crippen molar-refractivity contribution in [2.45, 2.75) is 13.0 Å². The molecule has 0 aliphatic rings. The van der Waals surface area contributed by atoms with Gasteiger partial charge in [0.1, 0.15) is 17.2 Å². The molecule has 2 rings (SSSR count). The molecule has 0 saturated heterocycles. The number of hydrogen-bond acceptors (Lipinski definition) is 6. The van der Waals surface area contributed by atoms with Gasteiger partial charge in [0.15, 0.2) is 6.61 Å². The lowest BCUT2D eigenvalue weighted by molar-refractivity contribution is -0.123. The zero-order chi connectivity index (χ0) is 19.8. The Morgan fingerprint density at radius 1 is 0.963 bits per heavy atom. The summed E-state index contributed by atoms with van der Waals surface area (Å²) in [7, 11) is 4.46. The number of ether oxygens (including phenoxy) is 4. The van der Waals surface area contributed by atoms with Gasteiger partial charge in [-0.2, -0.15) is 0 Å². The Labute approximate surface area is 158 Å². The van der Waals surface area contributed by atoms with Crippen molar-refractivity contribution in [2.75, 3.05) is 27.9 Å². The maximum Gasteiger partial charge on any atom is 0.337 e. The van der Waals surface area contributed by atoms with E-state index < -0.39 is 5.97 Å². The Kier molecular flexibility index (Phi) is 7.05. The standard InChI is InChI=1S/C20H23NO6/c1-13(17-11-16(24-2)9-10-18(17)25-3)21-19(22)12-27-15-7-5-14(6-8-15)20(23)26-4/h5-11,13H,12H2,1-4H3,(H,21,22)/t13-/m1/s1. The first-order valence-corrected chi connectivity index (χ1v) is 8.31. The van der Waals surface area contributed by atoms with Crippen LogP contribution >= 0.6 is 0 Å². The Bertz CT molecular complexity index is 788. The fourth-order valence-corrected chi connectivity index (χ4v) is 2.49. The SMILES string of the molecule is COC(=O)c1ccc(OCC(=O)N[C@H](C)c2cc(OC)ccc2OC)cc1. The third kappa shape index (κ3) is 5.37. The Morgan fingerprint density at radius 3 is 2.22 bits per heavy atom. The number of esters is 1. The van der Waals surface area contributed by atoms with Crippen LogP contribution in [0.1, 0.15) is 28.9 Å². The maximum atomic E-state index is 12.2. The van der Waals surface area contributed by atoms with Crippen LogP contribution < -0.4 is 19.5 Å². The van der Waals surface area contributed by atoms with Gasteiger partial charge in [-0.15, -0.1) is 0 Å². The molecule has 7 heteroatoms. The third-order valence-corrected chi connectivity index (χ3v) is 3.93. The number of amides is 1. The molecule has 0 fully saturated rings. The summed E-state index contributed by atoms with van der Waals surface area (Å²) in [5.41, 5.74) is 1.21. The van der Waals surface area contributed by atoms with Gasteiger partial charge in [-0.05, 0) is 49.4 Å². The normalized spacial score (nSPS) is 11.3. The number of hydrogen-bond donors (Lipinski definition) is 1. The highest BCUT2D eigenvalue weighted by atomic mass is 16.5. The number of rotatable bonds is 8. The van der Waals surface area contributed by atoms with Gasteiger partial charge < -0.3 is 24.3 Å². The van der Waals surface area contributed by atoms with Crippen LogP contribution in [0.15, 0.2) is 42.5 Å². The molecule has 27 heavy (non-hydrogen) atoms. The number of carbonyl (C=O) groups excluding carboxylic acids is 2. The van der Waals surface area contributed by atoms with E-state index in [4.69, 9.17) is 14.2 Å². The highest BCUT2D eigenvalue weighted by molar-refractivity contribution is 5.89. The molecule has 2 aromatic carbocycles. The van der Waals surface area contributed by atoms with Crippen molar-refractivity contribution in [1.29, 1.82) is 0 Å². The predicted octanol–water partition coefficient (Wildman–Crippen LogP) is 2.75. The first-order valence-electron chi connectivity index (χ1n) is 8.31. The molecule has 0 spiro atoms. The molecule has 0 aliphatic carbocycles. The van der Waals surface area contributed by atoms with Crippen LogP contribution in [-0.2, 0) is 9.53 Å². The average molecular weight is 373 g/mol. The van der Waals surface area contributed by atoms with Gasteiger partial charge in [0.05, 0.1) is 32.9 Å². The Balaban J connectivity index is 1.94. The van der Waals surface area contributed by atoms with Crippen molar-refractivity contribution < 1.29 is 28.5 Å². The van der Waals surface area contributed by atoms with E-state index in [1.54, 1.807) is 50.6 Å². The Hall–Kier alpha value is -3.22. The summed E-state index contributed by atoms with van der Waals surface area (Å²) < 4.78 is 20.7. The van der Waals surface area contributed by atoms with Gasteiger partial charge in [0.25, 0.3) is 5.91 Å². The van der Waals surface area contributed by atoms with Crippen LogP contribution in [0.3, 0.4) is 0 Å². The second-order valence-electron chi connectivity index (χ2n) is 5.70. The van der Waals surface area contributed by atoms with Crippen LogP contribution in [-0.4, -0.2) is 39.8 Å². The molecule has 0 aliphatic heterocycles. The van der Waals surface area contributed by atoms with Crippen LogP contribution in [0, 0.1) is 0 Å². The minimum atomic E-state index is -0.430. The van der Waals surface area contributed by atoms with Crippen molar-refractivity contribution in [1.82, 2.24) is 5.32 Å². The largest absolute Gasteiger partial charge is 0.497 e. The monoisotopic (exact) mass is 373 g/mol. The van der Waals surface area contributed by atoms with Gasteiger partial charge in [-0.1, -0.05) is 0 Å². The van der Waals surface area contributed by atoms with E-state index in [1.807, 2.05) is 13.0 Å². The first-order chi connectivity index (χ1) is 13.0. The van der Waals surface area contributed by atoms with Gasteiger partial charge in [-0.3, -0.25) is 4.79 Å². The molecular weight excluding hydrogens is 350 g/mol. The average Bonchev–Trinajstić information content (AvgIpc) is 2.71. The van der Waals surface area contributed by atoms with E-state index in [0.717, 1.165) is 5.56 Å². The third-order valence-electron chi connectivity index (χ3n) is 3.93. The summed E-state index contributed by atoms with van der Waals surface area (Å²) in [6.45, 7) is 1.69. The molecule has 7 nitrogen and oxygen atoms in total. The van der Waals surface area contributed by atoms with Crippen molar-refractivity contribution >= 4 is 11.9 Å². The highest BCUT2D eigenvalue weighted by Gasteiger charge is 2.15. The fraction of sp³-hybridized carbons (Fsp3) is 0.300. The highest BCUT2D eigenvalue weighted by Crippen LogP contribution is 2.29. The van der Waals surface area contributed by atoms with Crippen LogP contribution in [0.5, 0.6) is 17.2 Å². The molecule has 1 atom stereocenters. The molecule has 1 N–H and O–H groups in total. The number of nitrogens with one attached hydrogen (secondary N) is 1. The van der Waals surface area contributed by atoms with E-state index in [9.17, 15) is 9.59 Å². The molecular formula is C20H23NO6. The summed E-state index contributed by atoms with van der Waals surface area (Å²) in [6, 6.07) is 11.4. The Morgan fingerprint density at radius 2 is 1.63 bits per heavy atom. The molecule has 2 aromatic rings. The molecule has 0 heterocycles. The zero-order valence-corrected chi connectivity index (χ0v) is 15.8. The van der Waals surface area contributed by atoms with E-state index in [1.165, 1.54) is 7.11 Å². The van der Waals surface area contributed by atoms with Gasteiger partial charge in [0, 0.05) is 5.56 Å². The molecule has 0 aromatic heterocycles. The minimum absolute atomic E-state index is 0.159. The first kappa shape index (κ1) is 20.1. The van der Waals surface area contributed by atoms with Crippen LogP contribution in [0.2, 0.25) is 0 Å². The summed E-state index contributed by atoms with van der Waals surface area (Å²) in [5.74, 6) is 1.09. The summed E-state index contributed by atoms with van der Waals surface area (Å²) >= 11 is 0. The van der Waals surface area contributed by atoms with Crippen molar-refractivity contribution in [3.8, 4) is 17.2 Å². The van der Waals surface area contributed by atoms with Crippen molar-refractivity contribution in [3.63, 3.8) is 0 Å². The predicted molar refractivity (Wildman–Crippen MR) is 99.4 cm³/mol. The lowest BCUT2D eigenvalue weighted by Gasteiger charge is -2.18. The van der Waals surface area contributed by atoms with E-state index in [0.29, 0.717) is 22.8 Å². The van der Waals surface area contributed by atoms with Gasteiger partial charge in [-0.25, -0.2) is 4.79 Å². The lowest BCUT2D eigenvalue weighted by atomic mass is 10.1. The van der Waals surface area contributed by atoms with Gasteiger partial charge >= 0.3 is 5.97 Å². The second kappa shape index (κ2) is 9.47.